The monoisotopic (exact) mass is 275 g/mol. The van der Waals surface area contributed by atoms with E-state index in [9.17, 15) is 14.9 Å². The van der Waals surface area contributed by atoms with Crippen LogP contribution < -0.4 is 0 Å². The Balaban J connectivity index is 3.09. The number of carbonyl (C=O) groups excluding carboxylic acids is 1. The van der Waals surface area contributed by atoms with Crippen LogP contribution in [0.5, 0.6) is 0 Å². The Morgan fingerprint density at radius 1 is 1.55 bits per heavy atom. The number of carbonyl (C=O) groups is 1. The van der Waals surface area contributed by atoms with Crippen LogP contribution >= 0.6 is 0 Å². The molecule has 0 spiro atoms. The minimum atomic E-state index is -0.523. The number of benzene rings is 1. The molecule has 1 aromatic rings. The van der Waals surface area contributed by atoms with E-state index >= 15 is 0 Å². The third-order valence-corrected chi connectivity index (χ3v) is 3.05. The molecule has 0 aliphatic carbocycles. The summed E-state index contributed by atoms with van der Waals surface area (Å²) in [4.78, 5) is 24.2. The molecule has 6 heteroatoms. The number of hydrogen-bond donors (Lipinski definition) is 0. The van der Waals surface area contributed by atoms with E-state index in [1.807, 2.05) is 6.92 Å². The Morgan fingerprint density at radius 3 is 2.70 bits per heavy atom. The fraction of sp³-hybridized carbons (Fsp3) is 0.429. The van der Waals surface area contributed by atoms with Gasteiger partial charge in [-0.3, -0.25) is 14.9 Å². The zero-order valence-electron chi connectivity index (χ0n) is 11.8. The first-order valence-corrected chi connectivity index (χ1v) is 6.34. The second-order valence-corrected chi connectivity index (χ2v) is 4.63. The number of nitro groups is 1. The van der Waals surface area contributed by atoms with Crippen LogP contribution in [0.25, 0.3) is 0 Å². The lowest BCUT2D eigenvalue weighted by molar-refractivity contribution is -0.384. The normalized spacial score (nSPS) is 11.5. The highest BCUT2D eigenvalue weighted by atomic mass is 16.6. The molecule has 0 radical (unpaired) electrons. The largest absolute Gasteiger partial charge is 0.338 e. The fourth-order valence-electron chi connectivity index (χ4n) is 1.85. The Morgan fingerprint density at radius 2 is 2.20 bits per heavy atom. The molecule has 0 fully saturated rings. The Kier molecular flexibility index (Phi) is 5.21. The number of rotatable bonds is 5. The van der Waals surface area contributed by atoms with E-state index in [-0.39, 0.29) is 17.5 Å². The number of non-ortho nitro benzene ring substituents is 1. The van der Waals surface area contributed by atoms with Gasteiger partial charge in [0.15, 0.2) is 0 Å². The predicted octanol–water partition coefficient (Wildman–Crippen LogP) is 2.53. The van der Waals surface area contributed by atoms with Gasteiger partial charge in [-0.05, 0) is 26.3 Å². The summed E-state index contributed by atoms with van der Waals surface area (Å²) >= 11 is 0. The molecular weight excluding hydrogens is 258 g/mol. The Hall–Kier alpha value is -2.42. The topological polar surface area (TPSA) is 87.2 Å². The molecule has 0 aliphatic rings. The average molecular weight is 275 g/mol. The van der Waals surface area contributed by atoms with E-state index in [0.717, 1.165) is 0 Å². The zero-order valence-corrected chi connectivity index (χ0v) is 11.8. The van der Waals surface area contributed by atoms with Crippen molar-refractivity contribution in [2.75, 3.05) is 13.1 Å². The van der Waals surface area contributed by atoms with Crippen molar-refractivity contribution in [2.45, 2.75) is 20.8 Å². The van der Waals surface area contributed by atoms with E-state index in [2.05, 4.69) is 6.07 Å². The number of nitro benzene ring substituents is 1. The lowest BCUT2D eigenvalue weighted by Crippen LogP contribution is -2.34. The molecule has 1 atom stereocenters. The van der Waals surface area contributed by atoms with Crippen LogP contribution in [0, 0.1) is 34.3 Å². The summed E-state index contributed by atoms with van der Waals surface area (Å²) in [6.45, 7) is 6.05. The van der Waals surface area contributed by atoms with Gasteiger partial charge in [0.05, 0.1) is 16.9 Å². The van der Waals surface area contributed by atoms with E-state index in [1.54, 1.807) is 19.9 Å². The molecule has 0 N–H and O–H groups in total. The minimum absolute atomic E-state index is 0.108. The van der Waals surface area contributed by atoms with Gasteiger partial charge in [0.1, 0.15) is 0 Å². The number of hydrogen-bond acceptors (Lipinski definition) is 4. The molecule has 106 valence electrons. The van der Waals surface area contributed by atoms with Crippen molar-refractivity contribution in [3.05, 3.63) is 39.4 Å². The van der Waals surface area contributed by atoms with Crippen molar-refractivity contribution >= 4 is 11.6 Å². The molecule has 1 unspecified atom stereocenters. The highest BCUT2D eigenvalue weighted by molar-refractivity contribution is 5.96. The van der Waals surface area contributed by atoms with Crippen molar-refractivity contribution in [3.8, 4) is 6.07 Å². The third kappa shape index (κ3) is 3.54. The van der Waals surface area contributed by atoms with Crippen LogP contribution in [0.4, 0.5) is 5.69 Å². The predicted molar refractivity (Wildman–Crippen MR) is 74.2 cm³/mol. The van der Waals surface area contributed by atoms with Gasteiger partial charge in [0, 0.05) is 30.8 Å². The van der Waals surface area contributed by atoms with Crippen LogP contribution in [0.2, 0.25) is 0 Å². The average Bonchev–Trinajstić information content (AvgIpc) is 2.43. The maximum Gasteiger partial charge on any atom is 0.270 e. The van der Waals surface area contributed by atoms with Gasteiger partial charge < -0.3 is 4.90 Å². The lowest BCUT2D eigenvalue weighted by atomic mass is 10.1. The molecule has 0 saturated heterocycles. The first-order chi connectivity index (χ1) is 9.40. The van der Waals surface area contributed by atoms with Crippen molar-refractivity contribution in [2.24, 2.45) is 5.92 Å². The summed E-state index contributed by atoms with van der Waals surface area (Å²) in [5.74, 6) is -0.561. The van der Waals surface area contributed by atoms with Crippen LogP contribution in [0.1, 0.15) is 29.8 Å². The smallest absolute Gasteiger partial charge is 0.270 e. The minimum Gasteiger partial charge on any atom is -0.338 e. The van der Waals surface area contributed by atoms with Gasteiger partial charge >= 0.3 is 0 Å². The van der Waals surface area contributed by atoms with Gasteiger partial charge in [-0.2, -0.15) is 5.26 Å². The van der Waals surface area contributed by atoms with Crippen LogP contribution in [0.3, 0.4) is 0 Å². The van der Waals surface area contributed by atoms with Crippen molar-refractivity contribution in [1.29, 1.82) is 5.26 Å². The molecule has 1 aromatic carbocycles. The summed E-state index contributed by atoms with van der Waals surface area (Å²) in [7, 11) is 0. The van der Waals surface area contributed by atoms with E-state index in [0.29, 0.717) is 24.2 Å². The molecule has 1 amide bonds. The van der Waals surface area contributed by atoms with Crippen LogP contribution in [-0.2, 0) is 0 Å². The SMILES string of the molecule is CCN(CC(C)C#N)C(=O)c1cc([N+](=O)[O-])ccc1C. The van der Waals surface area contributed by atoms with Gasteiger partial charge in [-0.15, -0.1) is 0 Å². The van der Waals surface area contributed by atoms with Crippen molar-refractivity contribution in [1.82, 2.24) is 4.90 Å². The van der Waals surface area contributed by atoms with Gasteiger partial charge in [0.25, 0.3) is 11.6 Å². The lowest BCUT2D eigenvalue weighted by Gasteiger charge is -2.22. The second-order valence-electron chi connectivity index (χ2n) is 4.63. The Bertz CT molecular complexity index is 563. The van der Waals surface area contributed by atoms with Crippen LogP contribution in [-0.4, -0.2) is 28.8 Å². The molecule has 0 bridgehead atoms. The summed E-state index contributed by atoms with van der Waals surface area (Å²) in [5, 5.41) is 19.6. The number of aryl methyl sites for hydroxylation is 1. The van der Waals surface area contributed by atoms with Gasteiger partial charge in [-0.25, -0.2) is 0 Å². The molecule has 6 nitrogen and oxygen atoms in total. The third-order valence-electron chi connectivity index (χ3n) is 3.05. The quantitative estimate of drug-likeness (QED) is 0.610. The van der Waals surface area contributed by atoms with E-state index < -0.39 is 4.92 Å². The molecular formula is C14H17N3O3. The molecule has 0 aromatic heterocycles. The summed E-state index contributed by atoms with van der Waals surface area (Å²) in [6.07, 6.45) is 0. The first kappa shape index (κ1) is 15.6. The highest BCUT2D eigenvalue weighted by Crippen LogP contribution is 2.19. The summed E-state index contributed by atoms with van der Waals surface area (Å²) in [5.41, 5.74) is 0.887. The standard InChI is InChI=1S/C14H17N3O3/c1-4-16(9-10(2)8-15)14(18)13-7-12(17(19)20)6-5-11(13)3/h5-7,10H,4,9H2,1-3H3. The highest BCUT2D eigenvalue weighted by Gasteiger charge is 2.20. The number of amides is 1. The summed E-state index contributed by atoms with van der Waals surface area (Å²) < 4.78 is 0. The van der Waals surface area contributed by atoms with Crippen LogP contribution in [0.15, 0.2) is 18.2 Å². The molecule has 0 aliphatic heterocycles. The number of nitriles is 1. The van der Waals surface area contributed by atoms with E-state index in [4.69, 9.17) is 5.26 Å². The van der Waals surface area contributed by atoms with Crippen molar-refractivity contribution < 1.29 is 9.72 Å². The van der Waals surface area contributed by atoms with Crippen molar-refractivity contribution in [3.63, 3.8) is 0 Å². The zero-order chi connectivity index (χ0) is 15.3. The molecule has 0 saturated carbocycles. The maximum atomic E-state index is 12.4. The molecule has 0 heterocycles. The second kappa shape index (κ2) is 6.66. The maximum absolute atomic E-state index is 12.4. The fourth-order valence-corrected chi connectivity index (χ4v) is 1.85. The molecule has 1 rings (SSSR count). The number of nitrogens with zero attached hydrogens (tertiary/aromatic N) is 3. The Labute approximate surface area is 117 Å². The van der Waals surface area contributed by atoms with Gasteiger partial charge in [0.2, 0.25) is 0 Å². The molecule has 20 heavy (non-hydrogen) atoms. The first-order valence-electron chi connectivity index (χ1n) is 6.34. The van der Waals surface area contributed by atoms with E-state index in [1.165, 1.54) is 17.0 Å². The van der Waals surface area contributed by atoms with Gasteiger partial charge in [-0.1, -0.05) is 6.07 Å². The summed E-state index contributed by atoms with van der Waals surface area (Å²) in [6, 6.07) is 6.30.